The molecule has 0 radical (unpaired) electrons. The van der Waals surface area contributed by atoms with E-state index >= 15 is 0 Å². The molecule has 5 nitrogen and oxygen atoms in total. The van der Waals surface area contributed by atoms with Gasteiger partial charge in [-0.15, -0.1) is 0 Å². The third-order valence-corrected chi connectivity index (χ3v) is 5.96. The molecule has 1 unspecified atom stereocenters. The van der Waals surface area contributed by atoms with Crippen LogP contribution in [0.4, 0.5) is 0 Å². The molecule has 152 valence electrons. The third kappa shape index (κ3) is 6.24. The molecular formula is C23H25NO4S. The van der Waals surface area contributed by atoms with Crippen molar-refractivity contribution in [3.63, 3.8) is 0 Å². The molecule has 0 heterocycles. The van der Waals surface area contributed by atoms with Gasteiger partial charge in [0.25, 0.3) is 10.1 Å². The molecule has 0 amide bonds. The predicted octanol–water partition coefficient (Wildman–Crippen LogP) is 3.51. The van der Waals surface area contributed by atoms with Crippen molar-refractivity contribution in [3.8, 4) is 0 Å². The van der Waals surface area contributed by atoms with Gasteiger partial charge in [0.05, 0.1) is 6.10 Å². The van der Waals surface area contributed by atoms with Crippen LogP contribution in [0.3, 0.4) is 0 Å². The lowest BCUT2D eigenvalue weighted by Gasteiger charge is -2.33. The second-order valence-corrected chi connectivity index (χ2v) is 8.55. The van der Waals surface area contributed by atoms with Gasteiger partial charge in [0, 0.05) is 19.5 Å². The molecule has 0 aromatic heterocycles. The third-order valence-electron chi connectivity index (χ3n) is 4.74. The number of aliphatic hydroxyl groups excluding tert-OH is 1. The van der Waals surface area contributed by atoms with Crippen LogP contribution in [0.15, 0.2) is 91.0 Å². The highest BCUT2D eigenvalue weighted by Gasteiger charge is 2.36. The van der Waals surface area contributed by atoms with Crippen molar-refractivity contribution in [1.29, 1.82) is 0 Å². The highest BCUT2D eigenvalue weighted by Crippen LogP contribution is 2.21. The number of hydrogen-bond donors (Lipinski definition) is 2. The Morgan fingerprint density at radius 1 is 0.690 bits per heavy atom. The van der Waals surface area contributed by atoms with Crippen molar-refractivity contribution in [2.75, 3.05) is 0 Å². The summed E-state index contributed by atoms with van der Waals surface area (Å²) >= 11 is 0. The quantitative estimate of drug-likeness (QED) is 0.527. The van der Waals surface area contributed by atoms with Gasteiger partial charge in [-0.2, -0.15) is 8.42 Å². The number of nitrogens with zero attached hydrogens (tertiary/aromatic N) is 1. The summed E-state index contributed by atoms with van der Waals surface area (Å²) < 4.78 is 34.7. The van der Waals surface area contributed by atoms with Gasteiger partial charge in [-0.1, -0.05) is 91.0 Å². The maximum absolute atomic E-state index is 12.3. The molecule has 0 spiro atoms. The zero-order valence-corrected chi connectivity index (χ0v) is 16.8. The molecule has 29 heavy (non-hydrogen) atoms. The fraction of sp³-hybridized carbons (Fsp3) is 0.217. The lowest BCUT2D eigenvalue weighted by atomic mass is 10.1. The van der Waals surface area contributed by atoms with Gasteiger partial charge in [-0.3, -0.25) is 9.45 Å². The molecule has 0 saturated carbocycles. The monoisotopic (exact) mass is 411 g/mol. The van der Waals surface area contributed by atoms with Gasteiger partial charge in [0.15, 0.2) is 5.37 Å². The topological polar surface area (TPSA) is 77.8 Å². The predicted molar refractivity (Wildman–Crippen MR) is 114 cm³/mol. The summed E-state index contributed by atoms with van der Waals surface area (Å²) in [4.78, 5) is 1.60. The summed E-state index contributed by atoms with van der Waals surface area (Å²) in [6, 6.07) is 28.0. The van der Waals surface area contributed by atoms with E-state index in [1.54, 1.807) is 4.90 Å². The van der Waals surface area contributed by atoms with Crippen molar-refractivity contribution in [2.45, 2.75) is 31.0 Å². The summed E-state index contributed by atoms with van der Waals surface area (Å²) in [5, 5.41) is 9.39. The Labute approximate surface area is 172 Å². The van der Waals surface area contributed by atoms with Gasteiger partial charge in [-0.05, 0) is 16.7 Å². The van der Waals surface area contributed by atoms with E-state index in [0.29, 0.717) is 0 Å². The van der Waals surface area contributed by atoms with E-state index in [1.807, 2.05) is 91.0 Å². The van der Waals surface area contributed by atoms with Crippen LogP contribution in [0.2, 0.25) is 0 Å². The smallest absolute Gasteiger partial charge is 0.283 e. The summed E-state index contributed by atoms with van der Waals surface area (Å²) in [5.74, 6) is 0. The molecule has 6 heteroatoms. The van der Waals surface area contributed by atoms with Crippen molar-refractivity contribution in [2.24, 2.45) is 0 Å². The van der Waals surface area contributed by atoms with Crippen LogP contribution in [0.1, 0.15) is 16.7 Å². The minimum Gasteiger partial charge on any atom is -0.390 e. The van der Waals surface area contributed by atoms with Crippen LogP contribution in [-0.2, 0) is 29.6 Å². The fourth-order valence-corrected chi connectivity index (χ4v) is 4.48. The fourth-order valence-electron chi connectivity index (χ4n) is 3.46. The number of aliphatic hydroxyl groups is 1. The Kier molecular flexibility index (Phi) is 7.17. The molecule has 0 aliphatic heterocycles. The average Bonchev–Trinajstić information content (AvgIpc) is 2.69. The van der Waals surface area contributed by atoms with Gasteiger partial charge < -0.3 is 5.11 Å². The lowest BCUT2D eigenvalue weighted by Crippen LogP contribution is -2.48. The van der Waals surface area contributed by atoms with E-state index in [9.17, 15) is 18.1 Å². The largest absolute Gasteiger partial charge is 0.390 e. The molecule has 0 fully saturated rings. The molecule has 3 rings (SSSR count). The zero-order valence-electron chi connectivity index (χ0n) is 16.0. The zero-order chi connectivity index (χ0) is 20.7. The van der Waals surface area contributed by atoms with Gasteiger partial charge in [0.1, 0.15) is 0 Å². The molecule has 2 N–H and O–H groups in total. The summed E-state index contributed by atoms with van der Waals surface area (Å²) in [6.45, 7) is 0.540. The molecule has 0 aliphatic rings. The van der Waals surface area contributed by atoms with Gasteiger partial charge in [0.2, 0.25) is 0 Å². The Hall–Kier alpha value is -2.51. The van der Waals surface area contributed by atoms with Gasteiger partial charge >= 0.3 is 0 Å². The lowest BCUT2D eigenvalue weighted by molar-refractivity contribution is 0.0761. The molecule has 0 aliphatic carbocycles. The molecule has 3 aromatic carbocycles. The Bertz CT molecular complexity index is 938. The first kappa shape index (κ1) is 21.2. The van der Waals surface area contributed by atoms with Crippen LogP contribution in [0, 0.1) is 0 Å². The highest BCUT2D eigenvalue weighted by atomic mass is 32.2. The normalized spacial score (nSPS) is 13.9. The molecular weight excluding hydrogens is 386 g/mol. The first-order valence-corrected chi connectivity index (χ1v) is 10.9. The van der Waals surface area contributed by atoms with E-state index in [4.69, 9.17) is 0 Å². The standard InChI is InChI=1S/C23H25NO4S/c25-22(16-19-10-4-1-5-11-19)23(29(26,27)28)24(17-20-12-6-2-7-13-20)18-21-14-8-3-9-15-21/h1-15,22-23,25H,16-18H2,(H,26,27,28)/t22-,23?/m0/s1. The Balaban J connectivity index is 1.92. The summed E-state index contributed by atoms with van der Waals surface area (Å²) in [6.07, 6.45) is -1.18. The maximum atomic E-state index is 12.3. The van der Waals surface area contributed by atoms with E-state index in [2.05, 4.69) is 0 Å². The van der Waals surface area contributed by atoms with Crippen LogP contribution in [0.5, 0.6) is 0 Å². The molecule has 0 saturated heterocycles. The molecule has 3 aromatic rings. The second-order valence-electron chi connectivity index (χ2n) is 7.04. The first-order chi connectivity index (χ1) is 13.9. The van der Waals surface area contributed by atoms with Crippen LogP contribution >= 0.6 is 0 Å². The maximum Gasteiger partial charge on any atom is 0.283 e. The van der Waals surface area contributed by atoms with Crippen molar-refractivity contribution >= 4 is 10.1 Å². The Morgan fingerprint density at radius 3 is 1.45 bits per heavy atom. The number of benzene rings is 3. The number of hydrogen-bond acceptors (Lipinski definition) is 4. The van der Waals surface area contributed by atoms with E-state index in [-0.39, 0.29) is 19.5 Å². The second kappa shape index (κ2) is 9.80. The van der Waals surface area contributed by atoms with E-state index in [1.165, 1.54) is 0 Å². The summed E-state index contributed by atoms with van der Waals surface area (Å²) in [5.41, 5.74) is 2.58. The van der Waals surface area contributed by atoms with Crippen LogP contribution < -0.4 is 0 Å². The van der Waals surface area contributed by atoms with Gasteiger partial charge in [-0.25, -0.2) is 0 Å². The first-order valence-electron chi connectivity index (χ1n) is 9.43. The van der Waals surface area contributed by atoms with E-state index in [0.717, 1.165) is 16.7 Å². The van der Waals surface area contributed by atoms with Crippen molar-refractivity contribution in [1.82, 2.24) is 4.90 Å². The summed E-state index contributed by atoms with van der Waals surface area (Å²) in [7, 11) is -4.55. The average molecular weight is 412 g/mol. The minimum atomic E-state index is -4.55. The van der Waals surface area contributed by atoms with E-state index < -0.39 is 21.6 Å². The molecule has 0 bridgehead atoms. The number of rotatable bonds is 9. The van der Waals surface area contributed by atoms with Crippen molar-refractivity contribution in [3.05, 3.63) is 108 Å². The van der Waals surface area contributed by atoms with Crippen molar-refractivity contribution < 1.29 is 18.1 Å². The minimum absolute atomic E-state index is 0.116. The van der Waals surface area contributed by atoms with Crippen LogP contribution in [-0.4, -0.2) is 34.5 Å². The molecule has 2 atom stereocenters. The highest BCUT2D eigenvalue weighted by molar-refractivity contribution is 7.86. The van der Waals surface area contributed by atoms with Crippen LogP contribution in [0.25, 0.3) is 0 Å². The Morgan fingerprint density at radius 2 is 1.07 bits per heavy atom. The SMILES string of the molecule is O=S(=O)(O)C([C@@H](O)Cc1ccccc1)N(Cc1ccccc1)Cc1ccccc1.